The summed E-state index contributed by atoms with van der Waals surface area (Å²) < 4.78 is 5.95. The molecule has 5 nitrogen and oxygen atoms in total. The number of aryl methyl sites for hydroxylation is 1. The third-order valence-electron chi connectivity index (χ3n) is 7.30. The maximum atomic E-state index is 13.1. The van der Waals surface area contributed by atoms with E-state index < -0.39 is 5.60 Å². The number of ether oxygens (including phenoxy) is 1. The minimum absolute atomic E-state index is 0.0639. The molecule has 0 N–H and O–H groups in total. The van der Waals surface area contributed by atoms with Crippen molar-refractivity contribution in [1.82, 2.24) is 9.80 Å². The molecule has 1 spiro atoms. The average molecular weight is 455 g/mol. The van der Waals surface area contributed by atoms with Gasteiger partial charge >= 0.3 is 6.09 Å². The van der Waals surface area contributed by atoms with Gasteiger partial charge in [-0.3, -0.25) is 9.69 Å². The van der Waals surface area contributed by atoms with E-state index in [1.54, 1.807) is 0 Å². The minimum atomic E-state index is -0.517. The van der Waals surface area contributed by atoms with Gasteiger partial charge in [-0.25, -0.2) is 4.79 Å². The molecule has 3 aromatic rings. The quantitative estimate of drug-likeness (QED) is 0.516. The van der Waals surface area contributed by atoms with Crippen molar-refractivity contribution < 1.29 is 14.3 Å². The molecule has 0 aromatic heterocycles. The van der Waals surface area contributed by atoms with Crippen molar-refractivity contribution in [2.45, 2.75) is 38.8 Å². The first-order valence-corrected chi connectivity index (χ1v) is 11.9. The summed E-state index contributed by atoms with van der Waals surface area (Å²) in [6.45, 7) is 6.27. The second-order valence-corrected chi connectivity index (χ2v) is 9.47. The van der Waals surface area contributed by atoms with E-state index in [9.17, 15) is 9.59 Å². The normalized spacial score (nSPS) is 17.2. The molecule has 2 heterocycles. The third kappa shape index (κ3) is 4.18. The van der Waals surface area contributed by atoms with E-state index in [2.05, 4.69) is 24.3 Å². The molecule has 34 heavy (non-hydrogen) atoms. The van der Waals surface area contributed by atoms with Crippen LogP contribution in [-0.2, 0) is 11.3 Å². The van der Waals surface area contributed by atoms with Crippen LogP contribution in [0.3, 0.4) is 0 Å². The number of amides is 2. The Balaban J connectivity index is 1.27. The minimum Gasteiger partial charge on any atom is -0.441 e. The third-order valence-corrected chi connectivity index (χ3v) is 7.30. The summed E-state index contributed by atoms with van der Waals surface area (Å²) in [4.78, 5) is 29.7. The molecular weight excluding hydrogens is 424 g/mol. The van der Waals surface area contributed by atoms with Gasteiger partial charge in [0.25, 0.3) is 5.91 Å². The molecule has 0 unspecified atom stereocenters. The van der Waals surface area contributed by atoms with Crippen LogP contribution in [0.2, 0.25) is 0 Å². The summed E-state index contributed by atoms with van der Waals surface area (Å²) in [7, 11) is 0. The van der Waals surface area contributed by atoms with Crippen LogP contribution in [0, 0.1) is 13.8 Å². The Kier molecular flexibility index (Phi) is 5.86. The molecule has 2 saturated heterocycles. The molecule has 2 aliphatic heterocycles. The molecular formula is C29H30N2O3. The van der Waals surface area contributed by atoms with Crippen LogP contribution in [-0.4, -0.2) is 47.0 Å². The van der Waals surface area contributed by atoms with Crippen molar-refractivity contribution in [1.29, 1.82) is 0 Å². The molecule has 5 heteroatoms. The van der Waals surface area contributed by atoms with Gasteiger partial charge in [0.2, 0.25) is 0 Å². The number of likely N-dealkylation sites (tertiary alicyclic amines) is 1. The Morgan fingerprint density at radius 2 is 1.62 bits per heavy atom. The highest BCUT2D eigenvalue weighted by Gasteiger charge is 2.47. The summed E-state index contributed by atoms with van der Waals surface area (Å²) in [6.07, 6.45) is 1.05. The Labute approximate surface area is 201 Å². The van der Waals surface area contributed by atoms with E-state index in [1.807, 2.05) is 72.2 Å². The van der Waals surface area contributed by atoms with E-state index in [0.717, 1.165) is 33.4 Å². The predicted octanol–water partition coefficient (Wildman–Crippen LogP) is 5.60. The lowest BCUT2D eigenvalue weighted by Gasteiger charge is -2.37. The van der Waals surface area contributed by atoms with Crippen molar-refractivity contribution in [2.75, 3.05) is 19.6 Å². The molecule has 0 bridgehead atoms. The highest BCUT2D eigenvalue weighted by atomic mass is 16.6. The van der Waals surface area contributed by atoms with Gasteiger partial charge in [-0.05, 0) is 47.7 Å². The van der Waals surface area contributed by atoms with E-state index in [-0.39, 0.29) is 12.0 Å². The van der Waals surface area contributed by atoms with Gasteiger partial charge < -0.3 is 9.64 Å². The number of rotatable bonds is 4. The van der Waals surface area contributed by atoms with Gasteiger partial charge in [-0.2, -0.15) is 0 Å². The zero-order valence-corrected chi connectivity index (χ0v) is 19.8. The fraction of sp³-hybridized carbons (Fsp3) is 0.310. The number of carbonyl (C=O) groups is 2. The maximum Gasteiger partial charge on any atom is 0.410 e. The maximum absolute atomic E-state index is 13.1. The summed E-state index contributed by atoms with van der Waals surface area (Å²) in [6, 6.07) is 24.3. The zero-order chi connectivity index (χ0) is 23.7. The molecule has 0 radical (unpaired) electrons. The average Bonchev–Trinajstić information content (AvgIpc) is 3.16. The zero-order valence-electron chi connectivity index (χ0n) is 19.8. The van der Waals surface area contributed by atoms with Crippen molar-refractivity contribution >= 4 is 12.0 Å². The first kappa shape index (κ1) is 22.2. The molecule has 2 aliphatic rings. The van der Waals surface area contributed by atoms with Gasteiger partial charge in [0, 0.05) is 38.0 Å². The number of carbonyl (C=O) groups excluding carboxylic acids is 2. The van der Waals surface area contributed by atoms with E-state index in [0.29, 0.717) is 39.0 Å². The standard InChI is InChI=1S/C29H30N2O3/c1-21-9-8-14-25(22(21)2)27(32)30-17-15-29(16-18-30)20-31(28(33)34-29)19-24-12-6-7-13-26(24)23-10-4-3-5-11-23/h3-14H,15-20H2,1-2H3. The van der Waals surface area contributed by atoms with Crippen LogP contribution >= 0.6 is 0 Å². The second kappa shape index (κ2) is 8.98. The molecule has 2 fully saturated rings. The van der Waals surface area contributed by atoms with Crippen molar-refractivity contribution in [3.8, 4) is 11.1 Å². The SMILES string of the molecule is Cc1cccc(C(=O)N2CCC3(CC2)CN(Cc2ccccc2-c2ccccc2)C(=O)O3)c1C. The molecule has 0 aliphatic carbocycles. The van der Waals surface area contributed by atoms with Gasteiger partial charge in [0.05, 0.1) is 6.54 Å². The highest BCUT2D eigenvalue weighted by molar-refractivity contribution is 5.96. The molecule has 5 rings (SSSR count). The van der Waals surface area contributed by atoms with Crippen LogP contribution in [0.15, 0.2) is 72.8 Å². The number of benzene rings is 3. The number of hydrogen-bond donors (Lipinski definition) is 0. The Morgan fingerprint density at radius 1 is 0.912 bits per heavy atom. The Hall–Kier alpha value is -3.60. The lowest BCUT2D eigenvalue weighted by Crippen LogP contribution is -2.48. The number of hydrogen-bond acceptors (Lipinski definition) is 3. The van der Waals surface area contributed by atoms with Gasteiger partial charge in [0.1, 0.15) is 5.60 Å². The lowest BCUT2D eigenvalue weighted by molar-refractivity contribution is 0.00311. The molecule has 3 aromatic carbocycles. The topological polar surface area (TPSA) is 49.9 Å². The van der Waals surface area contributed by atoms with Crippen LogP contribution in [0.4, 0.5) is 4.79 Å². The molecule has 174 valence electrons. The first-order valence-electron chi connectivity index (χ1n) is 11.9. The molecule has 0 atom stereocenters. The number of piperidine rings is 1. The van der Waals surface area contributed by atoms with Crippen molar-refractivity contribution in [2.24, 2.45) is 0 Å². The fourth-order valence-electron chi connectivity index (χ4n) is 5.11. The fourth-order valence-corrected chi connectivity index (χ4v) is 5.11. The lowest BCUT2D eigenvalue weighted by atomic mass is 9.90. The monoisotopic (exact) mass is 454 g/mol. The van der Waals surface area contributed by atoms with Gasteiger partial charge in [-0.1, -0.05) is 66.7 Å². The van der Waals surface area contributed by atoms with Crippen LogP contribution in [0.1, 0.15) is 39.9 Å². The van der Waals surface area contributed by atoms with Crippen LogP contribution < -0.4 is 0 Å². The smallest absolute Gasteiger partial charge is 0.410 e. The summed E-state index contributed by atoms with van der Waals surface area (Å²) in [5.74, 6) is 0.0639. The highest BCUT2D eigenvalue weighted by Crippen LogP contribution is 2.35. The summed E-state index contributed by atoms with van der Waals surface area (Å²) in [5.41, 5.74) is 5.77. The van der Waals surface area contributed by atoms with E-state index in [4.69, 9.17) is 4.74 Å². The van der Waals surface area contributed by atoms with Crippen molar-refractivity contribution in [3.05, 3.63) is 95.1 Å². The van der Waals surface area contributed by atoms with E-state index >= 15 is 0 Å². The van der Waals surface area contributed by atoms with Crippen molar-refractivity contribution in [3.63, 3.8) is 0 Å². The summed E-state index contributed by atoms with van der Waals surface area (Å²) >= 11 is 0. The molecule has 0 saturated carbocycles. The van der Waals surface area contributed by atoms with E-state index in [1.165, 1.54) is 0 Å². The Morgan fingerprint density at radius 3 is 2.38 bits per heavy atom. The largest absolute Gasteiger partial charge is 0.441 e. The van der Waals surface area contributed by atoms with Gasteiger partial charge in [-0.15, -0.1) is 0 Å². The number of nitrogens with zero attached hydrogens (tertiary/aromatic N) is 2. The molecule has 2 amide bonds. The predicted molar refractivity (Wildman–Crippen MR) is 133 cm³/mol. The summed E-state index contributed by atoms with van der Waals surface area (Å²) in [5, 5.41) is 0. The van der Waals surface area contributed by atoms with Gasteiger partial charge in [0.15, 0.2) is 0 Å². The van der Waals surface area contributed by atoms with Crippen LogP contribution in [0.5, 0.6) is 0 Å². The Bertz CT molecular complexity index is 1210. The van der Waals surface area contributed by atoms with Crippen LogP contribution in [0.25, 0.3) is 11.1 Å². The second-order valence-electron chi connectivity index (χ2n) is 9.47. The first-order chi connectivity index (χ1) is 16.5.